The molecule has 0 saturated carbocycles. The van der Waals surface area contributed by atoms with Crippen LogP contribution in [0.3, 0.4) is 0 Å². The molecule has 1 saturated heterocycles. The van der Waals surface area contributed by atoms with E-state index in [4.69, 9.17) is 4.98 Å². The van der Waals surface area contributed by atoms with Crippen LogP contribution in [0.25, 0.3) is 17.0 Å². The summed E-state index contributed by atoms with van der Waals surface area (Å²) in [5, 5.41) is 6.86. The molecule has 1 aliphatic heterocycles. The average molecular weight is 294 g/mol. The summed E-state index contributed by atoms with van der Waals surface area (Å²) >= 11 is 0. The minimum atomic E-state index is 0.395. The Morgan fingerprint density at radius 3 is 3.05 bits per heavy atom. The van der Waals surface area contributed by atoms with Crippen molar-refractivity contribution < 1.29 is 0 Å². The third kappa shape index (κ3) is 2.31. The van der Waals surface area contributed by atoms with Crippen LogP contribution in [-0.2, 0) is 0 Å². The molecule has 3 aromatic rings. The molecule has 0 amide bonds. The van der Waals surface area contributed by atoms with E-state index >= 15 is 0 Å². The summed E-state index contributed by atoms with van der Waals surface area (Å²) in [5.74, 6) is 1.39. The lowest BCUT2D eigenvalue weighted by Gasteiger charge is -2.16. The Bertz CT molecular complexity index is 796. The molecule has 4 heterocycles. The number of nitrogens with one attached hydrogen (secondary N) is 2. The zero-order valence-corrected chi connectivity index (χ0v) is 12.4. The van der Waals surface area contributed by atoms with Gasteiger partial charge in [0.05, 0.1) is 24.3 Å². The van der Waals surface area contributed by atoms with Crippen molar-refractivity contribution >= 4 is 11.5 Å². The highest BCUT2D eigenvalue weighted by Gasteiger charge is 2.23. The van der Waals surface area contributed by atoms with Gasteiger partial charge in [0.25, 0.3) is 0 Å². The van der Waals surface area contributed by atoms with Crippen molar-refractivity contribution in [3.63, 3.8) is 0 Å². The van der Waals surface area contributed by atoms with Crippen LogP contribution in [-0.4, -0.2) is 38.5 Å². The van der Waals surface area contributed by atoms with Crippen molar-refractivity contribution in [2.75, 3.05) is 18.4 Å². The quantitative estimate of drug-likeness (QED) is 0.771. The van der Waals surface area contributed by atoms with Crippen LogP contribution in [0.4, 0.5) is 5.82 Å². The molecule has 0 bridgehead atoms. The van der Waals surface area contributed by atoms with Gasteiger partial charge in [0.15, 0.2) is 0 Å². The van der Waals surface area contributed by atoms with Gasteiger partial charge in [-0.15, -0.1) is 0 Å². The number of hydrogen-bond donors (Lipinski definition) is 2. The number of nitrogens with zero attached hydrogens (tertiary/aromatic N) is 4. The molecular weight excluding hydrogens is 276 g/mol. The molecule has 1 aliphatic rings. The number of hydrogen-bond acceptors (Lipinski definition) is 5. The normalized spacial score (nSPS) is 21.3. The lowest BCUT2D eigenvalue weighted by molar-refractivity contribution is 0.593. The first-order chi connectivity index (χ1) is 10.8. The minimum absolute atomic E-state index is 0.395. The van der Waals surface area contributed by atoms with Gasteiger partial charge in [-0.05, 0) is 24.6 Å². The molecule has 0 unspecified atom stereocenters. The molecular formula is C16H18N6. The van der Waals surface area contributed by atoms with Crippen LogP contribution >= 0.6 is 0 Å². The monoisotopic (exact) mass is 294 g/mol. The zero-order valence-electron chi connectivity index (χ0n) is 12.4. The van der Waals surface area contributed by atoms with Crippen LogP contribution in [0.2, 0.25) is 0 Å². The first kappa shape index (κ1) is 13.2. The van der Waals surface area contributed by atoms with Crippen LogP contribution < -0.4 is 10.6 Å². The maximum atomic E-state index is 4.70. The van der Waals surface area contributed by atoms with Gasteiger partial charge in [-0.1, -0.05) is 13.0 Å². The van der Waals surface area contributed by atoms with Gasteiger partial charge >= 0.3 is 0 Å². The van der Waals surface area contributed by atoms with Crippen molar-refractivity contribution in [3.8, 4) is 11.4 Å². The molecule has 6 nitrogen and oxygen atoms in total. The van der Waals surface area contributed by atoms with Gasteiger partial charge in [0.1, 0.15) is 17.2 Å². The summed E-state index contributed by atoms with van der Waals surface area (Å²) in [6, 6.07) is 6.33. The van der Waals surface area contributed by atoms with Gasteiger partial charge < -0.3 is 10.6 Å². The minimum Gasteiger partial charge on any atom is -0.364 e. The molecule has 4 rings (SSSR count). The molecule has 1 fully saturated rings. The second-order valence-corrected chi connectivity index (χ2v) is 5.75. The van der Waals surface area contributed by atoms with E-state index in [1.165, 1.54) is 0 Å². The highest BCUT2D eigenvalue weighted by atomic mass is 15.1. The molecule has 2 N–H and O–H groups in total. The molecule has 0 radical (unpaired) electrons. The third-order valence-electron chi connectivity index (χ3n) is 4.16. The molecule has 3 aromatic heterocycles. The Kier molecular flexibility index (Phi) is 3.23. The van der Waals surface area contributed by atoms with Crippen LogP contribution in [0.15, 0.2) is 43.0 Å². The molecule has 0 aliphatic carbocycles. The highest BCUT2D eigenvalue weighted by molar-refractivity contribution is 5.60. The molecule has 6 heteroatoms. The van der Waals surface area contributed by atoms with E-state index in [0.717, 1.165) is 35.9 Å². The number of pyridine rings is 1. The number of rotatable bonds is 3. The van der Waals surface area contributed by atoms with E-state index in [1.54, 1.807) is 12.4 Å². The Labute approximate surface area is 128 Å². The van der Waals surface area contributed by atoms with Crippen LogP contribution in [0, 0.1) is 5.92 Å². The fourth-order valence-electron chi connectivity index (χ4n) is 2.87. The largest absolute Gasteiger partial charge is 0.364 e. The maximum absolute atomic E-state index is 4.70. The van der Waals surface area contributed by atoms with E-state index in [-0.39, 0.29) is 0 Å². The highest BCUT2D eigenvalue weighted by Crippen LogP contribution is 2.20. The number of imidazole rings is 1. The standard InChI is InChI=1S/C16H18N6/c1-11-6-17-7-12(11)20-15-10-18-8-13(21-15)14-9-19-16-4-2-3-5-22(14)16/h2-5,8-12,17H,6-7H2,1H3,(H,20,21)/t11-,12+/m1/s1. The number of aromatic nitrogens is 4. The fourth-order valence-corrected chi connectivity index (χ4v) is 2.87. The molecule has 0 aromatic carbocycles. The van der Waals surface area contributed by atoms with Crippen molar-refractivity contribution in [2.24, 2.45) is 5.92 Å². The lowest BCUT2D eigenvalue weighted by Crippen LogP contribution is -2.27. The Morgan fingerprint density at radius 1 is 1.23 bits per heavy atom. The first-order valence-electron chi connectivity index (χ1n) is 7.53. The van der Waals surface area contributed by atoms with Gasteiger partial charge in [-0.3, -0.25) is 9.38 Å². The molecule has 112 valence electrons. The third-order valence-corrected chi connectivity index (χ3v) is 4.16. The molecule has 2 atom stereocenters. The topological polar surface area (TPSA) is 67.1 Å². The van der Waals surface area contributed by atoms with Gasteiger partial charge in [-0.2, -0.15) is 0 Å². The Hall–Kier alpha value is -2.47. The number of anilines is 1. The Balaban J connectivity index is 1.67. The maximum Gasteiger partial charge on any atom is 0.145 e. The van der Waals surface area contributed by atoms with Crippen LogP contribution in [0.1, 0.15) is 6.92 Å². The van der Waals surface area contributed by atoms with Gasteiger partial charge in [-0.25, -0.2) is 9.97 Å². The molecule has 0 spiro atoms. The average Bonchev–Trinajstić information content (AvgIpc) is 3.14. The summed E-state index contributed by atoms with van der Waals surface area (Å²) < 4.78 is 2.02. The van der Waals surface area contributed by atoms with E-state index < -0.39 is 0 Å². The van der Waals surface area contributed by atoms with Crippen molar-refractivity contribution in [1.29, 1.82) is 0 Å². The zero-order chi connectivity index (χ0) is 14.9. The van der Waals surface area contributed by atoms with Gasteiger partial charge in [0, 0.05) is 18.8 Å². The summed E-state index contributed by atoms with van der Waals surface area (Å²) in [7, 11) is 0. The predicted octanol–water partition coefficient (Wildman–Crippen LogP) is 1.81. The van der Waals surface area contributed by atoms with Gasteiger partial charge in [0.2, 0.25) is 0 Å². The first-order valence-corrected chi connectivity index (χ1v) is 7.53. The summed E-state index contributed by atoms with van der Waals surface area (Å²) in [6.07, 6.45) is 7.38. The van der Waals surface area contributed by atoms with Crippen LogP contribution in [0.5, 0.6) is 0 Å². The summed E-state index contributed by atoms with van der Waals surface area (Å²) in [5.41, 5.74) is 2.68. The number of fused-ring (bicyclic) bond motifs is 1. The van der Waals surface area contributed by atoms with Crippen molar-refractivity contribution in [2.45, 2.75) is 13.0 Å². The fraction of sp³-hybridized carbons (Fsp3) is 0.312. The van der Waals surface area contributed by atoms with E-state index in [1.807, 2.05) is 35.0 Å². The van der Waals surface area contributed by atoms with Crippen molar-refractivity contribution in [3.05, 3.63) is 43.0 Å². The lowest BCUT2D eigenvalue weighted by atomic mass is 10.1. The Morgan fingerprint density at radius 2 is 2.18 bits per heavy atom. The summed E-state index contributed by atoms with van der Waals surface area (Å²) in [4.78, 5) is 13.4. The van der Waals surface area contributed by atoms with E-state index in [0.29, 0.717) is 12.0 Å². The van der Waals surface area contributed by atoms with E-state index in [2.05, 4.69) is 27.5 Å². The summed E-state index contributed by atoms with van der Waals surface area (Å²) in [6.45, 7) is 4.24. The smallest absolute Gasteiger partial charge is 0.145 e. The second kappa shape index (κ2) is 5.38. The second-order valence-electron chi connectivity index (χ2n) is 5.75. The predicted molar refractivity (Wildman–Crippen MR) is 85.7 cm³/mol. The SMILES string of the molecule is C[C@@H]1CNC[C@@H]1Nc1cncc(-c2cnc3ccccn23)n1. The molecule has 22 heavy (non-hydrogen) atoms. The van der Waals surface area contributed by atoms with E-state index in [9.17, 15) is 0 Å². The van der Waals surface area contributed by atoms with Crippen molar-refractivity contribution in [1.82, 2.24) is 24.7 Å².